The summed E-state index contributed by atoms with van der Waals surface area (Å²) in [4.78, 5) is 4.20. The molecule has 0 atom stereocenters. The molecule has 1 N–H and O–H groups in total. The maximum atomic E-state index is 5.45. The first-order chi connectivity index (χ1) is 7.83. The zero-order valence-electron chi connectivity index (χ0n) is 8.57. The average molecular weight is 283 g/mol. The maximum absolute atomic E-state index is 5.45. The number of halogens is 1. The maximum Gasteiger partial charge on any atom is 0.194 e. The van der Waals surface area contributed by atoms with Gasteiger partial charge in [0.1, 0.15) is 5.69 Å². The van der Waals surface area contributed by atoms with Crippen LogP contribution in [0, 0.1) is 0 Å². The van der Waals surface area contributed by atoms with Crippen LogP contribution >= 0.6 is 15.9 Å². The van der Waals surface area contributed by atoms with E-state index in [1.165, 1.54) is 19.2 Å². The molecule has 0 aromatic carbocycles. The van der Waals surface area contributed by atoms with E-state index in [1.807, 2.05) is 12.1 Å². The predicted octanol–water partition coefficient (Wildman–Crippen LogP) is 2.95. The van der Waals surface area contributed by atoms with E-state index >= 15 is 0 Å². The van der Waals surface area contributed by atoms with Crippen molar-refractivity contribution in [3.63, 3.8) is 0 Å². The highest BCUT2D eigenvalue weighted by Crippen LogP contribution is 2.28. The molecule has 3 rings (SSSR count). The molecule has 0 spiro atoms. The molecule has 0 aliphatic heterocycles. The molecule has 84 valence electrons. The Kier molecular flexibility index (Phi) is 2.57. The van der Waals surface area contributed by atoms with Gasteiger partial charge in [0.2, 0.25) is 0 Å². The monoisotopic (exact) mass is 282 g/mol. The molecule has 1 saturated carbocycles. The van der Waals surface area contributed by atoms with E-state index in [0.29, 0.717) is 22.2 Å². The molecule has 0 bridgehead atoms. The zero-order valence-corrected chi connectivity index (χ0v) is 10.2. The van der Waals surface area contributed by atoms with Gasteiger partial charge in [0, 0.05) is 12.6 Å². The van der Waals surface area contributed by atoms with Crippen LogP contribution < -0.4 is 5.32 Å². The second kappa shape index (κ2) is 4.07. The number of hydrogen-bond donors (Lipinski definition) is 1. The molecular formula is C11H11BrN2O2. The van der Waals surface area contributed by atoms with Crippen molar-refractivity contribution < 1.29 is 8.83 Å². The Morgan fingerprint density at radius 1 is 1.44 bits per heavy atom. The van der Waals surface area contributed by atoms with Crippen LogP contribution in [0.25, 0.3) is 11.5 Å². The van der Waals surface area contributed by atoms with Crippen LogP contribution in [0.2, 0.25) is 0 Å². The first-order valence-corrected chi connectivity index (χ1v) is 6.03. The second-order valence-electron chi connectivity index (χ2n) is 3.89. The van der Waals surface area contributed by atoms with Crippen molar-refractivity contribution in [2.75, 3.05) is 0 Å². The molecule has 0 radical (unpaired) electrons. The van der Waals surface area contributed by atoms with Gasteiger partial charge >= 0.3 is 0 Å². The second-order valence-corrected chi connectivity index (χ2v) is 4.67. The van der Waals surface area contributed by atoms with Crippen LogP contribution in [0.15, 0.2) is 32.0 Å². The van der Waals surface area contributed by atoms with E-state index in [9.17, 15) is 0 Å². The van der Waals surface area contributed by atoms with Gasteiger partial charge in [0.05, 0.1) is 0 Å². The van der Waals surface area contributed by atoms with Gasteiger partial charge < -0.3 is 14.2 Å². The van der Waals surface area contributed by atoms with Gasteiger partial charge in [-0.05, 0) is 40.9 Å². The Bertz CT molecular complexity index is 488. The van der Waals surface area contributed by atoms with Crippen LogP contribution in [0.1, 0.15) is 18.5 Å². The molecule has 2 aromatic rings. The van der Waals surface area contributed by atoms with Crippen molar-refractivity contribution in [3.8, 4) is 11.5 Å². The summed E-state index contributed by atoms with van der Waals surface area (Å²) in [6, 6.07) is 4.37. The number of aromatic nitrogens is 1. The van der Waals surface area contributed by atoms with Gasteiger partial charge in [-0.15, -0.1) is 0 Å². The van der Waals surface area contributed by atoms with Crippen molar-refractivity contribution in [1.82, 2.24) is 10.3 Å². The SMILES string of the molecule is Brc1ccc(-c2ocnc2CNC2CC2)o1. The van der Waals surface area contributed by atoms with Crippen molar-refractivity contribution in [3.05, 3.63) is 28.9 Å². The van der Waals surface area contributed by atoms with Gasteiger partial charge in [-0.1, -0.05) is 0 Å². The van der Waals surface area contributed by atoms with E-state index in [-0.39, 0.29) is 0 Å². The lowest BCUT2D eigenvalue weighted by molar-refractivity contribution is 0.506. The summed E-state index contributed by atoms with van der Waals surface area (Å²) < 4.78 is 11.5. The Hall–Kier alpha value is -1.07. The number of furan rings is 1. The predicted molar refractivity (Wildman–Crippen MR) is 61.8 cm³/mol. The summed E-state index contributed by atoms with van der Waals surface area (Å²) in [7, 11) is 0. The summed E-state index contributed by atoms with van der Waals surface area (Å²) in [6.07, 6.45) is 3.98. The minimum absolute atomic E-state index is 0.660. The molecule has 0 amide bonds. The highest BCUT2D eigenvalue weighted by molar-refractivity contribution is 9.10. The Balaban J connectivity index is 1.80. The number of oxazole rings is 1. The lowest BCUT2D eigenvalue weighted by Crippen LogP contribution is -2.15. The lowest BCUT2D eigenvalue weighted by Gasteiger charge is -2.00. The smallest absolute Gasteiger partial charge is 0.194 e. The third-order valence-electron chi connectivity index (χ3n) is 2.57. The van der Waals surface area contributed by atoms with Gasteiger partial charge in [-0.25, -0.2) is 4.98 Å². The van der Waals surface area contributed by atoms with E-state index in [4.69, 9.17) is 8.83 Å². The molecule has 4 nitrogen and oxygen atoms in total. The Morgan fingerprint density at radius 2 is 2.31 bits per heavy atom. The van der Waals surface area contributed by atoms with Crippen molar-refractivity contribution >= 4 is 15.9 Å². The number of nitrogens with zero attached hydrogens (tertiary/aromatic N) is 1. The zero-order chi connectivity index (χ0) is 11.0. The Morgan fingerprint density at radius 3 is 3.00 bits per heavy atom. The first kappa shape index (κ1) is 10.1. The molecule has 1 aliphatic rings. The first-order valence-electron chi connectivity index (χ1n) is 5.24. The fourth-order valence-electron chi connectivity index (χ4n) is 1.56. The number of nitrogens with one attached hydrogen (secondary N) is 1. The summed E-state index contributed by atoms with van der Waals surface area (Å²) in [5.74, 6) is 1.41. The van der Waals surface area contributed by atoms with Crippen molar-refractivity contribution in [2.24, 2.45) is 0 Å². The van der Waals surface area contributed by atoms with E-state index in [0.717, 1.165) is 12.2 Å². The summed E-state index contributed by atoms with van der Waals surface area (Å²) in [5, 5.41) is 3.40. The van der Waals surface area contributed by atoms with Crippen LogP contribution in [0.5, 0.6) is 0 Å². The van der Waals surface area contributed by atoms with E-state index in [2.05, 4.69) is 26.2 Å². The molecule has 1 aliphatic carbocycles. The minimum atomic E-state index is 0.660. The fourth-order valence-corrected chi connectivity index (χ4v) is 1.87. The molecule has 0 saturated heterocycles. The van der Waals surface area contributed by atoms with Crippen LogP contribution in [0.3, 0.4) is 0 Å². The van der Waals surface area contributed by atoms with Gasteiger partial charge in [-0.3, -0.25) is 0 Å². The third kappa shape index (κ3) is 2.05. The van der Waals surface area contributed by atoms with Crippen LogP contribution in [-0.4, -0.2) is 11.0 Å². The standard InChI is InChI=1S/C11H11BrN2O2/c12-10-4-3-9(16-10)11-8(14-6-15-11)5-13-7-1-2-7/h3-4,6-7,13H,1-2,5H2. The topological polar surface area (TPSA) is 51.2 Å². The summed E-state index contributed by atoms with van der Waals surface area (Å²) in [5.41, 5.74) is 0.897. The largest absolute Gasteiger partial charge is 0.446 e. The fraction of sp³-hybridized carbons (Fsp3) is 0.364. The van der Waals surface area contributed by atoms with Crippen molar-refractivity contribution in [2.45, 2.75) is 25.4 Å². The minimum Gasteiger partial charge on any atom is -0.446 e. The highest BCUT2D eigenvalue weighted by atomic mass is 79.9. The molecule has 2 heterocycles. The van der Waals surface area contributed by atoms with E-state index in [1.54, 1.807) is 0 Å². The van der Waals surface area contributed by atoms with Gasteiger partial charge in [0.15, 0.2) is 22.6 Å². The normalized spacial score (nSPS) is 15.6. The van der Waals surface area contributed by atoms with Gasteiger partial charge in [0.25, 0.3) is 0 Å². The lowest BCUT2D eigenvalue weighted by atomic mass is 10.3. The van der Waals surface area contributed by atoms with E-state index < -0.39 is 0 Å². The third-order valence-corrected chi connectivity index (χ3v) is 3.00. The number of rotatable bonds is 4. The summed E-state index contributed by atoms with van der Waals surface area (Å²) in [6.45, 7) is 0.731. The quantitative estimate of drug-likeness (QED) is 0.937. The van der Waals surface area contributed by atoms with Crippen molar-refractivity contribution in [1.29, 1.82) is 0 Å². The molecular weight excluding hydrogens is 272 g/mol. The summed E-state index contributed by atoms with van der Waals surface area (Å²) >= 11 is 3.27. The molecule has 5 heteroatoms. The molecule has 1 fully saturated rings. The Labute approximate surface area is 101 Å². The molecule has 0 unspecified atom stereocenters. The van der Waals surface area contributed by atoms with Crippen LogP contribution in [-0.2, 0) is 6.54 Å². The number of hydrogen-bond acceptors (Lipinski definition) is 4. The van der Waals surface area contributed by atoms with Crippen LogP contribution in [0.4, 0.5) is 0 Å². The molecule has 2 aromatic heterocycles. The van der Waals surface area contributed by atoms with Gasteiger partial charge in [-0.2, -0.15) is 0 Å². The molecule has 16 heavy (non-hydrogen) atoms. The average Bonchev–Trinajstić information content (AvgIpc) is 2.82. The highest BCUT2D eigenvalue weighted by Gasteiger charge is 2.22.